The maximum absolute atomic E-state index is 10.8. The summed E-state index contributed by atoms with van der Waals surface area (Å²) in [6.07, 6.45) is 4.12. The monoisotopic (exact) mass is 379 g/mol. The van der Waals surface area contributed by atoms with E-state index >= 15 is 0 Å². The molecule has 0 radical (unpaired) electrons. The van der Waals surface area contributed by atoms with Crippen molar-refractivity contribution in [1.82, 2.24) is 0 Å². The number of anilines is 1. The Labute approximate surface area is 167 Å². The summed E-state index contributed by atoms with van der Waals surface area (Å²) in [5.41, 5.74) is 5.96. The number of hydrogen-bond acceptors (Lipinski definition) is 4. The molecule has 0 N–H and O–H groups in total. The van der Waals surface area contributed by atoms with Gasteiger partial charge < -0.3 is 4.90 Å². The van der Waals surface area contributed by atoms with Crippen molar-refractivity contribution in [2.45, 2.75) is 58.9 Å². The zero-order valence-electron chi connectivity index (χ0n) is 17.4. The van der Waals surface area contributed by atoms with Gasteiger partial charge in [0.15, 0.2) is 0 Å². The number of aryl methyl sites for hydroxylation is 1. The zero-order valence-corrected chi connectivity index (χ0v) is 17.4. The second kappa shape index (κ2) is 7.74. The first kappa shape index (κ1) is 20.1. The number of benzene rings is 2. The number of rotatable bonds is 5. The van der Waals surface area contributed by atoms with Crippen molar-refractivity contribution in [2.75, 3.05) is 11.4 Å². The SMILES string of the molecule is CCCN1c2cc(C)c(C=Nc3ccc([N+](=O)[O-])cc3)cc2C(C)CC1(C)C. The van der Waals surface area contributed by atoms with E-state index in [2.05, 4.69) is 56.6 Å². The number of nitro benzene ring substituents is 1. The fourth-order valence-corrected chi connectivity index (χ4v) is 4.24. The molecule has 1 aliphatic heterocycles. The van der Waals surface area contributed by atoms with Gasteiger partial charge in [0.1, 0.15) is 0 Å². The predicted molar refractivity (Wildman–Crippen MR) is 116 cm³/mol. The van der Waals surface area contributed by atoms with E-state index in [1.54, 1.807) is 12.1 Å². The molecule has 3 rings (SSSR count). The van der Waals surface area contributed by atoms with Gasteiger partial charge in [-0.25, -0.2) is 0 Å². The average Bonchev–Trinajstić information content (AvgIpc) is 2.63. The van der Waals surface area contributed by atoms with E-state index in [9.17, 15) is 10.1 Å². The molecule has 0 bridgehead atoms. The minimum atomic E-state index is -0.397. The Morgan fingerprint density at radius 1 is 1.29 bits per heavy atom. The fraction of sp³-hybridized carbons (Fsp3) is 0.435. The summed E-state index contributed by atoms with van der Waals surface area (Å²) < 4.78 is 0. The summed E-state index contributed by atoms with van der Waals surface area (Å²) in [7, 11) is 0. The molecule has 1 heterocycles. The van der Waals surface area contributed by atoms with Crippen LogP contribution in [0.15, 0.2) is 41.4 Å². The number of non-ortho nitro benzene ring substituents is 1. The van der Waals surface area contributed by atoms with Crippen LogP contribution in [0.3, 0.4) is 0 Å². The lowest BCUT2D eigenvalue weighted by Crippen LogP contribution is -2.48. The van der Waals surface area contributed by atoms with Crippen molar-refractivity contribution in [3.63, 3.8) is 0 Å². The Morgan fingerprint density at radius 3 is 2.57 bits per heavy atom. The van der Waals surface area contributed by atoms with Gasteiger partial charge in [0.25, 0.3) is 5.69 Å². The van der Waals surface area contributed by atoms with Gasteiger partial charge in [-0.3, -0.25) is 15.1 Å². The second-order valence-corrected chi connectivity index (χ2v) is 8.37. The first-order valence-electron chi connectivity index (χ1n) is 9.93. The number of hydrogen-bond donors (Lipinski definition) is 0. The number of nitro groups is 1. The van der Waals surface area contributed by atoms with Crippen molar-refractivity contribution in [2.24, 2.45) is 4.99 Å². The summed E-state index contributed by atoms with van der Waals surface area (Å²) in [6.45, 7) is 12.4. The van der Waals surface area contributed by atoms with E-state index in [-0.39, 0.29) is 11.2 Å². The van der Waals surface area contributed by atoms with E-state index in [1.807, 2.05) is 6.21 Å². The maximum atomic E-state index is 10.8. The van der Waals surface area contributed by atoms with Gasteiger partial charge in [0, 0.05) is 36.1 Å². The molecule has 0 saturated heterocycles. The summed E-state index contributed by atoms with van der Waals surface area (Å²) in [5.74, 6) is 0.491. The Hall–Kier alpha value is -2.69. The van der Waals surface area contributed by atoms with Gasteiger partial charge in [0.2, 0.25) is 0 Å². The van der Waals surface area contributed by atoms with Gasteiger partial charge in [0.05, 0.1) is 10.6 Å². The lowest BCUT2D eigenvalue weighted by Gasteiger charge is -2.48. The summed E-state index contributed by atoms with van der Waals surface area (Å²) >= 11 is 0. The molecular formula is C23H29N3O2. The van der Waals surface area contributed by atoms with Crippen molar-refractivity contribution in [1.29, 1.82) is 0 Å². The van der Waals surface area contributed by atoms with Crippen LogP contribution < -0.4 is 4.90 Å². The minimum absolute atomic E-state index is 0.0800. The van der Waals surface area contributed by atoms with Crippen LogP contribution in [-0.2, 0) is 0 Å². The van der Waals surface area contributed by atoms with E-state index in [0.717, 1.165) is 24.9 Å². The Morgan fingerprint density at radius 2 is 1.96 bits per heavy atom. The quantitative estimate of drug-likeness (QED) is 0.355. The number of fused-ring (bicyclic) bond motifs is 1. The topological polar surface area (TPSA) is 58.7 Å². The van der Waals surface area contributed by atoms with Crippen LogP contribution in [0.1, 0.15) is 63.1 Å². The molecule has 28 heavy (non-hydrogen) atoms. The molecule has 1 aliphatic rings. The van der Waals surface area contributed by atoms with Crippen LogP contribution in [0.2, 0.25) is 0 Å². The molecule has 0 spiro atoms. The summed E-state index contributed by atoms with van der Waals surface area (Å²) in [5, 5.41) is 10.8. The zero-order chi connectivity index (χ0) is 20.5. The van der Waals surface area contributed by atoms with Crippen LogP contribution in [0.5, 0.6) is 0 Å². The Bertz CT molecular complexity index is 901. The van der Waals surface area contributed by atoms with Gasteiger partial charge >= 0.3 is 0 Å². The standard InChI is InChI=1S/C23H29N3O2/c1-6-11-25-22-12-16(2)18(13-21(22)17(3)14-23(25,4)5)15-24-19-7-9-20(10-8-19)26(27)28/h7-10,12-13,15,17H,6,11,14H2,1-5H3. The molecule has 0 aliphatic carbocycles. The third-order valence-electron chi connectivity index (χ3n) is 5.63. The molecule has 5 nitrogen and oxygen atoms in total. The highest BCUT2D eigenvalue weighted by molar-refractivity contribution is 5.86. The van der Waals surface area contributed by atoms with Gasteiger partial charge in [-0.15, -0.1) is 0 Å². The molecule has 5 heteroatoms. The maximum Gasteiger partial charge on any atom is 0.269 e. The van der Waals surface area contributed by atoms with Crippen LogP contribution in [-0.4, -0.2) is 23.2 Å². The number of aliphatic imine (C=N–C) groups is 1. The highest BCUT2D eigenvalue weighted by atomic mass is 16.6. The first-order valence-corrected chi connectivity index (χ1v) is 9.93. The fourth-order valence-electron chi connectivity index (χ4n) is 4.24. The van der Waals surface area contributed by atoms with Crippen molar-refractivity contribution < 1.29 is 4.92 Å². The van der Waals surface area contributed by atoms with Crippen LogP contribution >= 0.6 is 0 Å². The van der Waals surface area contributed by atoms with Crippen molar-refractivity contribution in [3.05, 3.63) is 63.2 Å². The molecule has 1 atom stereocenters. The molecule has 1 unspecified atom stereocenters. The van der Waals surface area contributed by atoms with Crippen LogP contribution in [0.25, 0.3) is 0 Å². The molecule has 2 aromatic rings. The highest BCUT2D eigenvalue weighted by Crippen LogP contribution is 2.44. The lowest BCUT2D eigenvalue weighted by molar-refractivity contribution is -0.384. The Balaban J connectivity index is 1.94. The molecule has 2 aromatic carbocycles. The third kappa shape index (κ3) is 3.93. The smallest absolute Gasteiger partial charge is 0.269 e. The van der Waals surface area contributed by atoms with E-state index < -0.39 is 4.92 Å². The highest BCUT2D eigenvalue weighted by Gasteiger charge is 2.36. The van der Waals surface area contributed by atoms with E-state index in [0.29, 0.717) is 11.6 Å². The number of nitrogens with zero attached hydrogens (tertiary/aromatic N) is 3. The largest absolute Gasteiger partial charge is 0.366 e. The molecular weight excluding hydrogens is 350 g/mol. The summed E-state index contributed by atoms with van der Waals surface area (Å²) in [6, 6.07) is 10.9. The first-order chi connectivity index (χ1) is 13.2. The van der Waals surface area contributed by atoms with E-state index in [1.165, 1.54) is 28.9 Å². The van der Waals surface area contributed by atoms with Crippen molar-refractivity contribution in [3.8, 4) is 0 Å². The second-order valence-electron chi connectivity index (χ2n) is 8.37. The normalized spacial score (nSPS) is 18.3. The minimum Gasteiger partial charge on any atom is -0.366 e. The lowest BCUT2D eigenvalue weighted by atomic mass is 9.79. The predicted octanol–water partition coefficient (Wildman–Crippen LogP) is 6.16. The van der Waals surface area contributed by atoms with Gasteiger partial charge in [-0.05, 0) is 80.5 Å². The molecule has 0 fully saturated rings. The molecule has 0 amide bonds. The molecule has 0 aromatic heterocycles. The van der Waals surface area contributed by atoms with Crippen molar-refractivity contribution >= 4 is 23.3 Å². The third-order valence-corrected chi connectivity index (χ3v) is 5.63. The van der Waals surface area contributed by atoms with Crippen LogP contribution in [0.4, 0.5) is 17.1 Å². The van der Waals surface area contributed by atoms with E-state index in [4.69, 9.17) is 0 Å². The van der Waals surface area contributed by atoms with Crippen LogP contribution in [0, 0.1) is 17.0 Å². The average molecular weight is 380 g/mol. The molecule has 148 valence electrons. The van der Waals surface area contributed by atoms with Gasteiger partial charge in [-0.2, -0.15) is 0 Å². The van der Waals surface area contributed by atoms with Gasteiger partial charge in [-0.1, -0.05) is 13.8 Å². The Kier molecular flexibility index (Phi) is 5.54. The molecule has 0 saturated carbocycles. The summed E-state index contributed by atoms with van der Waals surface area (Å²) in [4.78, 5) is 17.5.